The van der Waals surface area contributed by atoms with Crippen molar-refractivity contribution >= 4 is 33.6 Å². The smallest absolute Gasteiger partial charge is 0.339 e. The molecule has 166 valence electrons. The number of rotatable bonds is 7. The summed E-state index contributed by atoms with van der Waals surface area (Å²) in [4.78, 5) is 4.50. The summed E-state index contributed by atoms with van der Waals surface area (Å²) in [5.41, 5.74) is 2.04. The molecule has 7 heteroatoms. The topological polar surface area (TPSA) is 65.0 Å². The van der Waals surface area contributed by atoms with E-state index in [2.05, 4.69) is 4.99 Å². The van der Waals surface area contributed by atoms with Crippen LogP contribution in [0.15, 0.2) is 107 Å². The summed E-state index contributed by atoms with van der Waals surface area (Å²) >= 11 is 6.12. The lowest BCUT2D eigenvalue weighted by Gasteiger charge is -2.10. The van der Waals surface area contributed by atoms with Gasteiger partial charge in [-0.2, -0.15) is 8.42 Å². The molecule has 33 heavy (non-hydrogen) atoms. The summed E-state index contributed by atoms with van der Waals surface area (Å²) in [7, 11) is -4.01. The molecule has 0 aromatic heterocycles. The molecule has 0 unspecified atom stereocenters. The molecule has 0 aliphatic carbocycles. The van der Waals surface area contributed by atoms with Gasteiger partial charge in [-0.05, 0) is 73.7 Å². The molecular weight excluding hydrogens is 458 g/mol. The largest absolute Gasteiger partial charge is 0.457 e. The molecule has 4 aromatic carbocycles. The maximum absolute atomic E-state index is 12.7. The normalized spacial score (nSPS) is 11.5. The molecule has 0 fully saturated rings. The summed E-state index contributed by atoms with van der Waals surface area (Å²) < 4.78 is 36.6. The second-order valence-electron chi connectivity index (χ2n) is 7.20. The summed E-state index contributed by atoms with van der Waals surface area (Å²) in [6.45, 7) is 1.88. The van der Waals surface area contributed by atoms with E-state index >= 15 is 0 Å². The molecular formula is C26H20ClNO4S. The molecule has 0 amide bonds. The molecule has 0 N–H and O–H groups in total. The van der Waals surface area contributed by atoms with E-state index in [1.54, 1.807) is 48.5 Å². The Morgan fingerprint density at radius 2 is 1.48 bits per heavy atom. The lowest BCUT2D eigenvalue weighted by Crippen LogP contribution is -2.11. The van der Waals surface area contributed by atoms with E-state index in [4.69, 9.17) is 20.5 Å². The van der Waals surface area contributed by atoms with Gasteiger partial charge in [-0.25, -0.2) is 0 Å². The standard InChI is InChI=1S/C26H20ClNO4S/c1-19-7-14-25(15-8-19)33(29,30)32-26-16-9-21(27)17-20(26)18-28-22-10-12-24(13-11-22)31-23-5-3-2-4-6-23/h2-18H,1H3. The minimum absolute atomic E-state index is 0.0694. The van der Waals surface area contributed by atoms with Crippen molar-refractivity contribution in [2.75, 3.05) is 0 Å². The third-order valence-corrected chi connectivity index (χ3v) is 6.13. The van der Waals surface area contributed by atoms with Gasteiger partial charge in [0.15, 0.2) is 5.75 Å². The van der Waals surface area contributed by atoms with Crippen LogP contribution in [0, 0.1) is 6.92 Å². The van der Waals surface area contributed by atoms with Crippen molar-refractivity contribution in [2.24, 2.45) is 4.99 Å². The number of aryl methyl sites for hydroxylation is 1. The number of aliphatic imine (C=N–C) groups is 1. The zero-order valence-corrected chi connectivity index (χ0v) is 19.3. The van der Waals surface area contributed by atoms with Crippen LogP contribution in [-0.4, -0.2) is 14.6 Å². The van der Waals surface area contributed by atoms with E-state index in [1.807, 2.05) is 37.3 Å². The Hall–Kier alpha value is -3.61. The lowest BCUT2D eigenvalue weighted by molar-refractivity contribution is 0.482. The van der Waals surface area contributed by atoms with Crippen molar-refractivity contribution in [3.63, 3.8) is 0 Å². The Labute approximate surface area is 198 Å². The molecule has 0 aliphatic rings. The maximum atomic E-state index is 12.7. The zero-order chi connectivity index (χ0) is 23.3. The highest BCUT2D eigenvalue weighted by atomic mass is 35.5. The highest BCUT2D eigenvalue weighted by Crippen LogP contribution is 2.27. The summed E-state index contributed by atoms with van der Waals surface area (Å²) in [5, 5.41) is 0.433. The molecule has 0 spiro atoms. The number of hydrogen-bond donors (Lipinski definition) is 0. The van der Waals surface area contributed by atoms with E-state index in [9.17, 15) is 8.42 Å². The Bertz CT molecular complexity index is 1370. The Morgan fingerprint density at radius 3 is 2.18 bits per heavy atom. The Kier molecular flexibility index (Phi) is 6.77. The first-order valence-electron chi connectivity index (χ1n) is 10.1. The van der Waals surface area contributed by atoms with Gasteiger partial charge in [-0.3, -0.25) is 4.99 Å². The summed E-state index contributed by atoms with van der Waals surface area (Å²) in [6, 6.07) is 27.8. The summed E-state index contributed by atoms with van der Waals surface area (Å²) in [6.07, 6.45) is 1.51. The number of benzene rings is 4. The maximum Gasteiger partial charge on any atom is 0.339 e. The number of halogens is 1. The van der Waals surface area contributed by atoms with Crippen molar-refractivity contribution in [3.05, 3.63) is 113 Å². The van der Waals surface area contributed by atoms with Gasteiger partial charge < -0.3 is 8.92 Å². The van der Waals surface area contributed by atoms with Crippen LogP contribution in [0.5, 0.6) is 17.2 Å². The highest BCUT2D eigenvalue weighted by molar-refractivity contribution is 7.87. The number of hydrogen-bond acceptors (Lipinski definition) is 5. The van der Waals surface area contributed by atoms with Crippen LogP contribution in [-0.2, 0) is 10.1 Å². The average Bonchev–Trinajstić information content (AvgIpc) is 2.81. The highest BCUT2D eigenvalue weighted by Gasteiger charge is 2.18. The molecule has 0 saturated carbocycles. The predicted octanol–water partition coefficient (Wildman–Crippen LogP) is 6.96. The second-order valence-corrected chi connectivity index (χ2v) is 9.18. The summed E-state index contributed by atoms with van der Waals surface area (Å²) in [5.74, 6) is 1.55. The van der Waals surface area contributed by atoms with Crippen LogP contribution >= 0.6 is 11.6 Å². The molecule has 0 bridgehead atoms. The molecule has 4 aromatic rings. The van der Waals surface area contributed by atoms with Crippen molar-refractivity contribution in [2.45, 2.75) is 11.8 Å². The number of para-hydroxylation sites is 1. The molecule has 0 radical (unpaired) electrons. The fourth-order valence-corrected chi connectivity index (χ4v) is 4.07. The van der Waals surface area contributed by atoms with E-state index in [0.29, 0.717) is 22.0 Å². The first kappa shape index (κ1) is 22.6. The molecule has 0 aliphatic heterocycles. The first-order chi connectivity index (χ1) is 15.9. The van der Waals surface area contributed by atoms with Gasteiger partial charge in [0.2, 0.25) is 0 Å². The van der Waals surface area contributed by atoms with Crippen molar-refractivity contribution in [1.82, 2.24) is 0 Å². The van der Waals surface area contributed by atoms with Crippen molar-refractivity contribution in [3.8, 4) is 17.2 Å². The third kappa shape index (κ3) is 6.00. The van der Waals surface area contributed by atoms with Crippen LogP contribution < -0.4 is 8.92 Å². The van der Waals surface area contributed by atoms with Gasteiger partial charge in [0.1, 0.15) is 16.4 Å². The lowest BCUT2D eigenvalue weighted by atomic mass is 10.2. The van der Waals surface area contributed by atoms with Crippen LogP contribution in [0.3, 0.4) is 0 Å². The van der Waals surface area contributed by atoms with E-state index in [1.165, 1.54) is 24.4 Å². The zero-order valence-electron chi connectivity index (χ0n) is 17.7. The molecule has 4 rings (SSSR count). The number of ether oxygens (including phenoxy) is 1. The molecule has 0 saturated heterocycles. The quantitative estimate of drug-likeness (QED) is 0.213. The fourth-order valence-electron chi connectivity index (χ4n) is 2.94. The van der Waals surface area contributed by atoms with Gasteiger partial charge in [-0.15, -0.1) is 0 Å². The van der Waals surface area contributed by atoms with E-state index in [-0.39, 0.29) is 10.6 Å². The Morgan fingerprint density at radius 1 is 0.818 bits per heavy atom. The molecule has 0 atom stereocenters. The molecule has 5 nitrogen and oxygen atoms in total. The van der Waals surface area contributed by atoms with Crippen LogP contribution in [0.4, 0.5) is 5.69 Å². The molecule has 0 heterocycles. The first-order valence-corrected chi connectivity index (χ1v) is 11.9. The monoisotopic (exact) mass is 477 g/mol. The average molecular weight is 478 g/mol. The van der Waals surface area contributed by atoms with Crippen LogP contribution in [0.2, 0.25) is 5.02 Å². The fraction of sp³-hybridized carbons (Fsp3) is 0.0385. The van der Waals surface area contributed by atoms with Crippen molar-refractivity contribution in [1.29, 1.82) is 0 Å². The minimum atomic E-state index is -4.01. The Balaban J connectivity index is 1.53. The second kappa shape index (κ2) is 9.90. The van der Waals surface area contributed by atoms with E-state index < -0.39 is 10.1 Å². The van der Waals surface area contributed by atoms with E-state index in [0.717, 1.165) is 11.3 Å². The van der Waals surface area contributed by atoms with Gasteiger partial charge in [0, 0.05) is 16.8 Å². The third-order valence-electron chi connectivity index (χ3n) is 4.65. The predicted molar refractivity (Wildman–Crippen MR) is 131 cm³/mol. The SMILES string of the molecule is Cc1ccc(S(=O)(=O)Oc2ccc(Cl)cc2C=Nc2ccc(Oc3ccccc3)cc2)cc1. The van der Waals surface area contributed by atoms with Crippen LogP contribution in [0.1, 0.15) is 11.1 Å². The number of nitrogens with zero attached hydrogens (tertiary/aromatic N) is 1. The van der Waals surface area contributed by atoms with Gasteiger partial charge in [0.25, 0.3) is 0 Å². The van der Waals surface area contributed by atoms with Gasteiger partial charge in [0.05, 0.1) is 5.69 Å². The van der Waals surface area contributed by atoms with Gasteiger partial charge in [-0.1, -0.05) is 47.5 Å². The van der Waals surface area contributed by atoms with Crippen molar-refractivity contribution < 1.29 is 17.3 Å². The minimum Gasteiger partial charge on any atom is -0.457 e. The van der Waals surface area contributed by atoms with Gasteiger partial charge >= 0.3 is 10.1 Å². The van der Waals surface area contributed by atoms with Crippen LogP contribution in [0.25, 0.3) is 0 Å².